The van der Waals surface area contributed by atoms with Crippen LogP contribution in [0.5, 0.6) is 0 Å². The number of benzene rings is 1. The Hall–Kier alpha value is -1.99. The lowest BCUT2D eigenvalue weighted by Gasteiger charge is -2.07. The first-order chi connectivity index (χ1) is 8.60. The SMILES string of the molecule is O=C(/C=C/Nc1ccc(C(F)(F)F)cc1)C(F)(F)F. The van der Waals surface area contributed by atoms with Gasteiger partial charge in [0.05, 0.1) is 5.56 Å². The lowest BCUT2D eigenvalue weighted by Crippen LogP contribution is -2.20. The van der Waals surface area contributed by atoms with Crippen molar-refractivity contribution in [2.75, 3.05) is 5.32 Å². The highest BCUT2D eigenvalue weighted by atomic mass is 19.4. The molecule has 0 amide bonds. The number of anilines is 1. The molecule has 1 aromatic carbocycles. The van der Waals surface area contributed by atoms with E-state index in [-0.39, 0.29) is 11.8 Å². The Labute approximate surface area is 103 Å². The number of halogens is 6. The maximum Gasteiger partial charge on any atom is 0.454 e. The van der Waals surface area contributed by atoms with Gasteiger partial charge in [0.25, 0.3) is 5.78 Å². The quantitative estimate of drug-likeness (QED) is 0.676. The average molecular weight is 283 g/mol. The Bertz CT molecular complexity index is 471. The second-order valence-corrected chi connectivity index (χ2v) is 3.41. The van der Waals surface area contributed by atoms with Crippen LogP contribution in [0.1, 0.15) is 5.56 Å². The van der Waals surface area contributed by atoms with Crippen LogP contribution < -0.4 is 5.32 Å². The lowest BCUT2D eigenvalue weighted by atomic mass is 10.2. The fourth-order valence-corrected chi connectivity index (χ4v) is 1.06. The largest absolute Gasteiger partial charge is 0.454 e. The summed E-state index contributed by atoms with van der Waals surface area (Å²) in [4.78, 5) is 10.4. The van der Waals surface area contributed by atoms with Gasteiger partial charge in [0.1, 0.15) is 0 Å². The number of alkyl halides is 6. The Morgan fingerprint density at radius 3 is 1.95 bits per heavy atom. The van der Waals surface area contributed by atoms with E-state index >= 15 is 0 Å². The van der Waals surface area contributed by atoms with Gasteiger partial charge in [0.15, 0.2) is 0 Å². The van der Waals surface area contributed by atoms with Crippen molar-refractivity contribution in [3.63, 3.8) is 0 Å². The van der Waals surface area contributed by atoms with E-state index in [0.717, 1.165) is 24.3 Å². The third-order valence-electron chi connectivity index (χ3n) is 1.98. The highest BCUT2D eigenvalue weighted by Gasteiger charge is 2.36. The molecule has 0 unspecified atom stereocenters. The molecule has 0 spiro atoms. The smallest absolute Gasteiger partial charge is 0.362 e. The molecule has 0 radical (unpaired) electrons. The predicted molar refractivity (Wildman–Crippen MR) is 55.3 cm³/mol. The van der Waals surface area contributed by atoms with Crippen LogP contribution in [0.15, 0.2) is 36.5 Å². The monoisotopic (exact) mass is 283 g/mol. The fraction of sp³-hybridized carbons (Fsp3) is 0.182. The summed E-state index contributed by atoms with van der Waals surface area (Å²) in [6.45, 7) is 0. The van der Waals surface area contributed by atoms with Gasteiger partial charge in [-0.15, -0.1) is 0 Å². The van der Waals surface area contributed by atoms with E-state index in [1.165, 1.54) is 0 Å². The van der Waals surface area contributed by atoms with Gasteiger partial charge in [-0.2, -0.15) is 26.3 Å². The number of rotatable bonds is 3. The Morgan fingerprint density at radius 1 is 1.00 bits per heavy atom. The van der Waals surface area contributed by atoms with Gasteiger partial charge >= 0.3 is 12.4 Å². The fourth-order valence-electron chi connectivity index (χ4n) is 1.06. The molecular formula is C11H7F6NO. The van der Waals surface area contributed by atoms with Crippen LogP contribution in [0.4, 0.5) is 32.0 Å². The molecule has 0 atom stereocenters. The molecular weight excluding hydrogens is 276 g/mol. The second-order valence-electron chi connectivity index (χ2n) is 3.41. The predicted octanol–water partition coefficient (Wildman–Crippen LogP) is 3.76. The van der Waals surface area contributed by atoms with E-state index in [1.54, 1.807) is 0 Å². The molecule has 8 heteroatoms. The summed E-state index contributed by atoms with van der Waals surface area (Å²) in [5, 5.41) is 2.26. The molecule has 19 heavy (non-hydrogen) atoms. The highest BCUT2D eigenvalue weighted by Crippen LogP contribution is 2.29. The maximum absolute atomic E-state index is 12.2. The van der Waals surface area contributed by atoms with Crippen LogP contribution in [-0.2, 0) is 11.0 Å². The summed E-state index contributed by atoms with van der Waals surface area (Å²) >= 11 is 0. The Kier molecular flexibility index (Phi) is 4.23. The molecule has 0 aliphatic carbocycles. The molecule has 104 valence electrons. The summed E-state index contributed by atoms with van der Waals surface area (Å²) in [5.74, 6) is -2.06. The minimum Gasteiger partial charge on any atom is -0.362 e. The zero-order chi connectivity index (χ0) is 14.7. The van der Waals surface area contributed by atoms with Crippen molar-refractivity contribution in [2.45, 2.75) is 12.4 Å². The molecule has 1 aromatic rings. The number of carbonyl (C=O) groups is 1. The number of hydrogen-bond acceptors (Lipinski definition) is 2. The van der Waals surface area contributed by atoms with Gasteiger partial charge in [0.2, 0.25) is 0 Å². The Morgan fingerprint density at radius 2 is 1.53 bits per heavy atom. The standard InChI is InChI=1S/C11H7F6NO/c12-10(13,14)7-1-3-8(4-2-7)18-6-5-9(19)11(15,16)17/h1-6,18H/b6-5+. The van der Waals surface area contributed by atoms with E-state index in [1.807, 2.05) is 0 Å². The third kappa shape index (κ3) is 4.65. The normalized spacial score (nSPS) is 12.7. The maximum atomic E-state index is 12.2. The average Bonchev–Trinajstić information content (AvgIpc) is 2.27. The van der Waals surface area contributed by atoms with Crippen LogP contribution in [0, 0.1) is 0 Å². The first kappa shape index (κ1) is 15.1. The minimum atomic E-state index is -4.97. The zero-order valence-electron chi connectivity index (χ0n) is 9.14. The van der Waals surface area contributed by atoms with Gasteiger partial charge in [-0.1, -0.05) is 0 Å². The van der Waals surface area contributed by atoms with Gasteiger partial charge in [-0.3, -0.25) is 4.79 Å². The van der Waals surface area contributed by atoms with Crippen LogP contribution in [0.3, 0.4) is 0 Å². The van der Waals surface area contributed by atoms with E-state index in [0.29, 0.717) is 6.20 Å². The van der Waals surface area contributed by atoms with E-state index < -0.39 is 23.7 Å². The van der Waals surface area contributed by atoms with E-state index in [2.05, 4.69) is 5.32 Å². The second kappa shape index (κ2) is 5.33. The van der Waals surface area contributed by atoms with E-state index in [4.69, 9.17) is 0 Å². The molecule has 2 nitrogen and oxygen atoms in total. The molecule has 0 aliphatic rings. The van der Waals surface area contributed by atoms with Gasteiger partial charge in [-0.05, 0) is 24.3 Å². The van der Waals surface area contributed by atoms with Crippen LogP contribution in [0.25, 0.3) is 0 Å². The molecule has 1 rings (SSSR count). The van der Waals surface area contributed by atoms with Crippen molar-refractivity contribution in [1.82, 2.24) is 0 Å². The third-order valence-corrected chi connectivity index (χ3v) is 1.98. The number of allylic oxidation sites excluding steroid dienone is 1. The number of hydrogen-bond donors (Lipinski definition) is 1. The van der Waals surface area contributed by atoms with Crippen LogP contribution >= 0.6 is 0 Å². The first-order valence-electron chi connectivity index (χ1n) is 4.82. The number of nitrogens with one attached hydrogen (secondary N) is 1. The van der Waals surface area contributed by atoms with Gasteiger partial charge < -0.3 is 5.32 Å². The van der Waals surface area contributed by atoms with Crippen molar-refractivity contribution in [1.29, 1.82) is 0 Å². The number of carbonyl (C=O) groups excluding carboxylic acids is 1. The van der Waals surface area contributed by atoms with E-state index in [9.17, 15) is 31.1 Å². The Balaban J connectivity index is 2.65. The molecule has 0 bridgehead atoms. The van der Waals surface area contributed by atoms with Crippen molar-refractivity contribution in [3.05, 3.63) is 42.1 Å². The van der Waals surface area contributed by atoms with Crippen molar-refractivity contribution < 1.29 is 31.1 Å². The summed E-state index contributed by atoms with van der Waals surface area (Å²) in [7, 11) is 0. The molecule has 0 saturated heterocycles. The first-order valence-corrected chi connectivity index (χ1v) is 4.82. The van der Waals surface area contributed by atoms with Crippen LogP contribution in [0.2, 0.25) is 0 Å². The summed E-state index contributed by atoms with van der Waals surface area (Å²) < 4.78 is 72.0. The summed E-state index contributed by atoms with van der Waals surface area (Å²) in [6, 6.07) is 3.60. The summed E-state index contributed by atoms with van der Waals surface area (Å²) in [5.41, 5.74) is -0.757. The van der Waals surface area contributed by atoms with Crippen molar-refractivity contribution in [3.8, 4) is 0 Å². The highest BCUT2D eigenvalue weighted by molar-refractivity contribution is 5.94. The van der Waals surface area contributed by atoms with Crippen molar-refractivity contribution in [2.24, 2.45) is 0 Å². The van der Waals surface area contributed by atoms with Gasteiger partial charge in [0, 0.05) is 18.0 Å². The lowest BCUT2D eigenvalue weighted by molar-refractivity contribution is -0.165. The molecule has 0 fully saturated rings. The molecule has 1 N–H and O–H groups in total. The summed E-state index contributed by atoms with van der Waals surface area (Å²) in [6.07, 6.45) is -8.50. The number of ketones is 1. The molecule has 0 aliphatic heterocycles. The van der Waals surface area contributed by atoms with Crippen molar-refractivity contribution >= 4 is 11.5 Å². The van der Waals surface area contributed by atoms with Crippen LogP contribution in [-0.4, -0.2) is 12.0 Å². The zero-order valence-corrected chi connectivity index (χ0v) is 9.14. The minimum absolute atomic E-state index is 0.124. The van der Waals surface area contributed by atoms with Gasteiger partial charge in [-0.25, -0.2) is 0 Å². The molecule has 0 saturated carbocycles. The molecule has 0 aromatic heterocycles. The topological polar surface area (TPSA) is 29.1 Å². The molecule has 0 heterocycles.